The van der Waals surface area contributed by atoms with E-state index in [-0.39, 0.29) is 12.5 Å². The number of hydrogen-bond donors (Lipinski definition) is 1. The van der Waals surface area contributed by atoms with Crippen molar-refractivity contribution in [2.24, 2.45) is 5.92 Å². The molecule has 1 N–H and O–H groups in total. The van der Waals surface area contributed by atoms with Crippen molar-refractivity contribution in [3.05, 3.63) is 23.2 Å². The van der Waals surface area contributed by atoms with Crippen LogP contribution in [0.2, 0.25) is 5.02 Å². The topological polar surface area (TPSA) is 70.1 Å². The molecule has 2 aliphatic rings. The van der Waals surface area contributed by atoms with E-state index in [0.717, 1.165) is 5.69 Å². The molecule has 1 aromatic rings. The van der Waals surface area contributed by atoms with E-state index in [9.17, 15) is 9.59 Å². The molecule has 118 valence electrons. The summed E-state index contributed by atoms with van der Waals surface area (Å²) in [5.41, 5.74) is 0.807. The van der Waals surface area contributed by atoms with Gasteiger partial charge in [-0.15, -0.1) is 0 Å². The van der Waals surface area contributed by atoms with Crippen LogP contribution in [0.1, 0.15) is 6.42 Å². The fraction of sp³-hybridized carbons (Fsp3) is 0.467. The van der Waals surface area contributed by atoms with E-state index in [1.54, 1.807) is 23.1 Å². The highest BCUT2D eigenvalue weighted by atomic mass is 35.5. The maximum absolute atomic E-state index is 12.4. The zero-order valence-electron chi connectivity index (χ0n) is 12.0. The number of carboxylic acids is 1. The van der Waals surface area contributed by atoms with Crippen LogP contribution in [0.15, 0.2) is 18.2 Å². The lowest BCUT2D eigenvalue weighted by atomic mass is 10.1. The Bertz CT molecular complexity index is 607. The molecule has 0 unspecified atom stereocenters. The maximum atomic E-state index is 12.4. The van der Waals surface area contributed by atoms with Gasteiger partial charge in [0.25, 0.3) is 0 Å². The zero-order chi connectivity index (χ0) is 15.7. The predicted octanol–water partition coefficient (Wildman–Crippen LogP) is 1.47. The second-order valence-electron chi connectivity index (χ2n) is 5.55. The van der Waals surface area contributed by atoms with Gasteiger partial charge in [-0.3, -0.25) is 9.59 Å². The molecule has 1 atom stereocenters. The molecule has 1 amide bonds. The third kappa shape index (κ3) is 2.97. The summed E-state index contributed by atoms with van der Waals surface area (Å²) in [6.45, 7) is 2.13. The molecular weight excluding hydrogens is 308 g/mol. The van der Waals surface area contributed by atoms with Crippen molar-refractivity contribution in [2.45, 2.75) is 6.42 Å². The first-order valence-electron chi connectivity index (χ1n) is 7.22. The predicted molar refractivity (Wildman–Crippen MR) is 81.5 cm³/mol. The third-order valence-electron chi connectivity index (χ3n) is 4.10. The third-order valence-corrected chi connectivity index (χ3v) is 4.33. The molecule has 0 bridgehead atoms. The number of hydrogen-bond acceptors (Lipinski definition) is 4. The number of ether oxygens (including phenoxy) is 1. The van der Waals surface area contributed by atoms with Gasteiger partial charge < -0.3 is 19.6 Å². The lowest BCUT2D eigenvalue weighted by Gasteiger charge is -2.32. The number of aliphatic carboxylic acids is 1. The van der Waals surface area contributed by atoms with Crippen LogP contribution in [0.3, 0.4) is 0 Å². The first-order chi connectivity index (χ1) is 10.5. The highest BCUT2D eigenvalue weighted by molar-refractivity contribution is 6.31. The highest BCUT2D eigenvalue weighted by Gasteiger charge is 2.32. The van der Waals surface area contributed by atoms with Crippen molar-refractivity contribution in [2.75, 3.05) is 37.7 Å². The molecule has 2 heterocycles. The SMILES string of the molecule is O=C(O)[C@@H]1CCN(C(=O)CN2CCOc3ccc(Cl)cc32)C1. The highest BCUT2D eigenvalue weighted by Crippen LogP contribution is 2.34. The smallest absolute Gasteiger partial charge is 0.308 e. The Labute approximate surface area is 133 Å². The van der Waals surface area contributed by atoms with E-state index in [4.69, 9.17) is 21.4 Å². The summed E-state index contributed by atoms with van der Waals surface area (Å²) < 4.78 is 5.56. The molecular formula is C15H17ClN2O4. The lowest BCUT2D eigenvalue weighted by Crippen LogP contribution is -2.42. The number of fused-ring (bicyclic) bond motifs is 1. The van der Waals surface area contributed by atoms with Gasteiger partial charge in [0.2, 0.25) is 5.91 Å². The fourth-order valence-electron chi connectivity index (χ4n) is 2.86. The Kier molecular flexibility index (Phi) is 4.11. The van der Waals surface area contributed by atoms with Crippen molar-refractivity contribution < 1.29 is 19.4 Å². The van der Waals surface area contributed by atoms with Crippen LogP contribution in [0.25, 0.3) is 0 Å². The Hall–Kier alpha value is -1.95. The van der Waals surface area contributed by atoms with E-state index in [2.05, 4.69) is 0 Å². The number of carboxylic acid groups (broad SMARTS) is 1. The summed E-state index contributed by atoms with van der Waals surface area (Å²) in [7, 11) is 0. The summed E-state index contributed by atoms with van der Waals surface area (Å²) >= 11 is 6.02. The first-order valence-corrected chi connectivity index (χ1v) is 7.60. The van der Waals surface area contributed by atoms with Crippen molar-refractivity contribution in [3.8, 4) is 5.75 Å². The summed E-state index contributed by atoms with van der Waals surface area (Å²) in [5.74, 6) is -0.626. The van der Waals surface area contributed by atoms with Crippen molar-refractivity contribution in [1.82, 2.24) is 4.90 Å². The minimum Gasteiger partial charge on any atom is -0.490 e. The minimum atomic E-state index is -0.834. The van der Waals surface area contributed by atoms with Crippen LogP contribution >= 0.6 is 11.6 Å². The number of anilines is 1. The number of amides is 1. The Morgan fingerprint density at radius 3 is 2.91 bits per heavy atom. The van der Waals surface area contributed by atoms with Crippen molar-refractivity contribution >= 4 is 29.2 Å². The molecule has 0 spiro atoms. The first kappa shape index (κ1) is 15.0. The minimum absolute atomic E-state index is 0.0587. The number of nitrogens with zero attached hydrogens (tertiary/aromatic N) is 2. The summed E-state index contributed by atoms with van der Waals surface area (Å²) in [6, 6.07) is 5.33. The summed E-state index contributed by atoms with van der Waals surface area (Å²) in [4.78, 5) is 26.9. The average Bonchev–Trinajstić information content (AvgIpc) is 2.98. The van der Waals surface area contributed by atoms with Crippen LogP contribution in [-0.4, -0.2) is 54.7 Å². The molecule has 2 aliphatic heterocycles. The van der Waals surface area contributed by atoms with Crippen molar-refractivity contribution in [3.63, 3.8) is 0 Å². The molecule has 3 rings (SSSR count). The average molecular weight is 325 g/mol. The van der Waals surface area contributed by atoms with E-state index < -0.39 is 11.9 Å². The van der Waals surface area contributed by atoms with Gasteiger partial charge in [-0.1, -0.05) is 11.6 Å². The quantitative estimate of drug-likeness (QED) is 0.912. The fourth-order valence-corrected chi connectivity index (χ4v) is 3.03. The maximum Gasteiger partial charge on any atom is 0.308 e. The molecule has 1 aromatic carbocycles. The Balaban J connectivity index is 1.68. The van der Waals surface area contributed by atoms with E-state index in [1.807, 2.05) is 4.90 Å². The second-order valence-corrected chi connectivity index (χ2v) is 5.98. The van der Waals surface area contributed by atoms with Crippen LogP contribution in [-0.2, 0) is 9.59 Å². The second kappa shape index (κ2) is 6.04. The molecule has 7 heteroatoms. The number of halogens is 1. The zero-order valence-corrected chi connectivity index (χ0v) is 12.8. The molecule has 1 saturated heterocycles. The van der Waals surface area contributed by atoms with E-state index >= 15 is 0 Å². The molecule has 0 radical (unpaired) electrons. The molecule has 1 fully saturated rings. The van der Waals surface area contributed by atoms with E-state index in [0.29, 0.717) is 43.4 Å². The number of likely N-dealkylation sites (tertiary alicyclic amines) is 1. The molecule has 0 saturated carbocycles. The molecule has 22 heavy (non-hydrogen) atoms. The molecule has 0 aliphatic carbocycles. The Morgan fingerprint density at radius 1 is 1.36 bits per heavy atom. The van der Waals surface area contributed by atoms with Gasteiger partial charge in [-0.25, -0.2) is 0 Å². The van der Waals surface area contributed by atoms with Gasteiger partial charge in [-0.2, -0.15) is 0 Å². The van der Waals surface area contributed by atoms with Gasteiger partial charge in [0.05, 0.1) is 24.7 Å². The van der Waals surface area contributed by atoms with E-state index in [1.165, 1.54) is 0 Å². The van der Waals surface area contributed by atoms with Gasteiger partial charge in [-0.05, 0) is 24.6 Å². The lowest BCUT2D eigenvalue weighted by molar-refractivity contribution is -0.141. The van der Waals surface area contributed by atoms with Gasteiger partial charge in [0, 0.05) is 18.1 Å². The number of carbonyl (C=O) groups is 2. The van der Waals surface area contributed by atoms with Crippen LogP contribution in [0, 0.1) is 5.92 Å². The molecule has 6 nitrogen and oxygen atoms in total. The number of benzene rings is 1. The van der Waals surface area contributed by atoms with Crippen LogP contribution in [0.5, 0.6) is 5.75 Å². The Morgan fingerprint density at radius 2 is 2.18 bits per heavy atom. The van der Waals surface area contributed by atoms with Gasteiger partial charge in [0.15, 0.2) is 0 Å². The molecule has 0 aromatic heterocycles. The summed E-state index contributed by atoms with van der Waals surface area (Å²) in [5, 5.41) is 9.61. The normalized spacial score (nSPS) is 20.5. The largest absolute Gasteiger partial charge is 0.490 e. The van der Waals surface area contributed by atoms with Gasteiger partial charge in [0.1, 0.15) is 12.4 Å². The summed E-state index contributed by atoms with van der Waals surface area (Å²) in [6.07, 6.45) is 0.520. The standard InChI is InChI=1S/C15H17ClN2O4/c16-11-1-2-13-12(7-11)17(5-6-22-13)9-14(19)18-4-3-10(8-18)15(20)21/h1-2,7,10H,3-6,8-9H2,(H,20,21)/t10-/m1/s1. The van der Waals surface area contributed by atoms with Crippen LogP contribution < -0.4 is 9.64 Å². The van der Waals surface area contributed by atoms with Crippen LogP contribution in [0.4, 0.5) is 5.69 Å². The van der Waals surface area contributed by atoms with Crippen molar-refractivity contribution in [1.29, 1.82) is 0 Å². The monoisotopic (exact) mass is 324 g/mol. The van der Waals surface area contributed by atoms with Gasteiger partial charge >= 0.3 is 5.97 Å². The number of carbonyl (C=O) groups excluding carboxylic acids is 1. The number of rotatable bonds is 3.